The smallest absolute Gasteiger partial charge is 0.274 e. The third kappa shape index (κ3) is 4.17. The summed E-state index contributed by atoms with van der Waals surface area (Å²) < 4.78 is 13.1. The molecule has 1 atom stereocenters. The molecule has 0 fully saturated rings. The van der Waals surface area contributed by atoms with Crippen molar-refractivity contribution in [1.82, 2.24) is 14.7 Å². The molecule has 1 aliphatic heterocycles. The van der Waals surface area contributed by atoms with Gasteiger partial charge in [-0.05, 0) is 23.8 Å². The largest absolute Gasteiger partial charge is 0.486 e. The van der Waals surface area contributed by atoms with E-state index in [9.17, 15) is 9.59 Å². The second-order valence-electron chi connectivity index (χ2n) is 8.03. The molecule has 7 nitrogen and oxygen atoms in total. The standard InChI is InChI=1S/C26H23N3O4/c1-28(16-19-17-32-22-13-7-8-14-23(22)33-19)26(31)24-20-11-5-6-12-21(20)25(30)29(27-24)15-18-9-3-2-4-10-18/h2-14,19H,15-17H2,1H3. The molecule has 166 valence electrons. The van der Waals surface area contributed by atoms with E-state index < -0.39 is 0 Å². The predicted octanol–water partition coefficient (Wildman–Crippen LogP) is 3.36. The van der Waals surface area contributed by atoms with Gasteiger partial charge in [-0.15, -0.1) is 0 Å². The van der Waals surface area contributed by atoms with E-state index in [4.69, 9.17) is 9.47 Å². The number of amides is 1. The second kappa shape index (κ2) is 8.78. The van der Waals surface area contributed by atoms with E-state index in [0.717, 1.165) is 5.56 Å². The maximum absolute atomic E-state index is 13.4. The van der Waals surface area contributed by atoms with Gasteiger partial charge >= 0.3 is 0 Å². The lowest BCUT2D eigenvalue weighted by atomic mass is 10.1. The number of fused-ring (bicyclic) bond motifs is 2. The Kier molecular flexibility index (Phi) is 5.52. The summed E-state index contributed by atoms with van der Waals surface area (Å²) in [6, 6.07) is 24.1. The molecule has 5 rings (SSSR count). The first-order chi connectivity index (χ1) is 16.1. The topological polar surface area (TPSA) is 73.7 Å². The number of likely N-dealkylation sites (N-methyl/N-ethyl adjacent to an activating group) is 1. The number of aromatic nitrogens is 2. The molecular weight excluding hydrogens is 418 g/mol. The van der Waals surface area contributed by atoms with Gasteiger partial charge in [-0.2, -0.15) is 5.10 Å². The van der Waals surface area contributed by atoms with Gasteiger partial charge in [0.05, 0.1) is 18.5 Å². The van der Waals surface area contributed by atoms with Gasteiger partial charge in [0.15, 0.2) is 23.3 Å². The van der Waals surface area contributed by atoms with Crippen LogP contribution in [0.4, 0.5) is 0 Å². The monoisotopic (exact) mass is 441 g/mol. The van der Waals surface area contributed by atoms with Gasteiger partial charge in [0.1, 0.15) is 6.61 Å². The van der Waals surface area contributed by atoms with E-state index in [1.807, 2.05) is 54.6 Å². The van der Waals surface area contributed by atoms with Crippen LogP contribution in [0.3, 0.4) is 0 Å². The van der Waals surface area contributed by atoms with E-state index >= 15 is 0 Å². The zero-order chi connectivity index (χ0) is 22.8. The minimum atomic E-state index is -0.310. The van der Waals surface area contributed by atoms with Crippen LogP contribution in [0.5, 0.6) is 11.5 Å². The SMILES string of the molecule is CN(CC1COc2ccccc2O1)C(=O)c1nn(Cc2ccccc2)c(=O)c2ccccc12. The lowest BCUT2D eigenvalue weighted by Gasteiger charge is -2.29. The van der Waals surface area contributed by atoms with Gasteiger partial charge in [0.2, 0.25) is 0 Å². The molecule has 4 aromatic rings. The third-order valence-corrected chi connectivity index (χ3v) is 5.64. The van der Waals surface area contributed by atoms with E-state index in [1.54, 1.807) is 36.2 Å². The van der Waals surface area contributed by atoms with Crippen LogP contribution >= 0.6 is 0 Å². The number of rotatable bonds is 5. The molecule has 1 unspecified atom stereocenters. The number of para-hydroxylation sites is 2. The predicted molar refractivity (Wildman–Crippen MR) is 125 cm³/mol. The summed E-state index contributed by atoms with van der Waals surface area (Å²) in [5.41, 5.74) is 0.940. The molecule has 0 saturated heterocycles. The summed E-state index contributed by atoms with van der Waals surface area (Å²) in [7, 11) is 1.70. The highest BCUT2D eigenvalue weighted by Gasteiger charge is 2.26. The molecule has 0 radical (unpaired) electrons. The van der Waals surface area contributed by atoms with Crippen LogP contribution in [0.1, 0.15) is 16.1 Å². The Morgan fingerprint density at radius 1 is 0.970 bits per heavy atom. The minimum Gasteiger partial charge on any atom is -0.486 e. The fourth-order valence-electron chi connectivity index (χ4n) is 3.98. The van der Waals surface area contributed by atoms with Crippen LogP contribution in [0.2, 0.25) is 0 Å². The summed E-state index contributed by atoms with van der Waals surface area (Å²) >= 11 is 0. The average Bonchev–Trinajstić information content (AvgIpc) is 2.86. The number of carbonyl (C=O) groups is 1. The first kappa shape index (κ1) is 20.8. The van der Waals surface area contributed by atoms with Crippen LogP contribution in [-0.4, -0.2) is 46.9 Å². The van der Waals surface area contributed by atoms with E-state index in [-0.39, 0.29) is 29.8 Å². The number of ether oxygens (including phenoxy) is 2. The van der Waals surface area contributed by atoms with Crippen molar-refractivity contribution < 1.29 is 14.3 Å². The number of hydrogen-bond acceptors (Lipinski definition) is 5. The Balaban J connectivity index is 1.44. The van der Waals surface area contributed by atoms with E-state index in [1.165, 1.54) is 4.68 Å². The molecule has 0 aliphatic carbocycles. The maximum Gasteiger partial charge on any atom is 0.274 e. The molecule has 0 saturated carbocycles. The third-order valence-electron chi connectivity index (χ3n) is 5.64. The minimum absolute atomic E-state index is 0.228. The van der Waals surface area contributed by atoms with Crippen molar-refractivity contribution in [2.24, 2.45) is 0 Å². The lowest BCUT2D eigenvalue weighted by Crippen LogP contribution is -2.42. The summed E-state index contributed by atoms with van der Waals surface area (Å²) in [5.74, 6) is 1.08. The van der Waals surface area contributed by atoms with Crippen molar-refractivity contribution in [3.05, 3.63) is 100 Å². The Morgan fingerprint density at radius 2 is 1.64 bits per heavy atom. The van der Waals surface area contributed by atoms with Gasteiger partial charge in [-0.25, -0.2) is 4.68 Å². The van der Waals surface area contributed by atoms with Crippen molar-refractivity contribution in [2.45, 2.75) is 12.6 Å². The van der Waals surface area contributed by atoms with Gasteiger partial charge < -0.3 is 14.4 Å². The molecule has 2 heterocycles. The Bertz CT molecular complexity index is 1370. The van der Waals surface area contributed by atoms with Crippen molar-refractivity contribution in [3.8, 4) is 11.5 Å². The number of nitrogens with zero attached hydrogens (tertiary/aromatic N) is 3. The molecule has 33 heavy (non-hydrogen) atoms. The zero-order valence-corrected chi connectivity index (χ0v) is 18.2. The van der Waals surface area contributed by atoms with Gasteiger partial charge in [-0.3, -0.25) is 9.59 Å². The van der Waals surface area contributed by atoms with Crippen LogP contribution in [0.15, 0.2) is 83.7 Å². The van der Waals surface area contributed by atoms with Crippen molar-refractivity contribution in [1.29, 1.82) is 0 Å². The van der Waals surface area contributed by atoms with Crippen molar-refractivity contribution in [2.75, 3.05) is 20.2 Å². The zero-order valence-electron chi connectivity index (χ0n) is 18.2. The first-order valence-electron chi connectivity index (χ1n) is 10.8. The average molecular weight is 441 g/mol. The molecule has 7 heteroatoms. The van der Waals surface area contributed by atoms with E-state index in [2.05, 4.69) is 5.10 Å². The van der Waals surface area contributed by atoms with Crippen molar-refractivity contribution in [3.63, 3.8) is 0 Å². The Hall–Kier alpha value is -4.13. The lowest BCUT2D eigenvalue weighted by molar-refractivity contribution is 0.0517. The molecule has 0 bridgehead atoms. The summed E-state index contributed by atoms with van der Waals surface area (Å²) in [6.07, 6.45) is -0.310. The van der Waals surface area contributed by atoms with Gasteiger partial charge in [0.25, 0.3) is 11.5 Å². The number of carbonyl (C=O) groups excluding carboxylic acids is 1. The highest BCUT2D eigenvalue weighted by molar-refractivity contribution is 6.04. The quantitative estimate of drug-likeness (QED) is 0.475. The fraction of sp³-hybridized carbons (Fsp3) is 0.192. The van der Waals surface area contributed by atoms with Crippen LogP contribution in [0, 0.1) is 0 Å². The fourth-order valence-corrected chi connectivity index (χ4v) is 3.98. The molecule has 0 N–H and O–H groups in total. The van der Waals surface area contributed by atoms with Crippen LogP contribution in [-0.2, 0) is 6.54 Å². The highest BCUT2D eigenvalue weighted by atomic mass is 16.6. The summed E-state index contributed by atoms with van der Waals surface area (Å²) in [6.45, 7) is 0.947. The van der Waals surface area contributed by atoms with Gasteiger partial charge in [0, 0.05) is 12.4 Å². The molecule has 1 aromatic heterocycles. The van der Waals surface area contributed by atoms with Crippen molar-refractivity contribution >= 4 is 16.7 Å². The second-order valence-corrected chi connectivity index (χ2v) is 8.03. The summed E-state index contributed by atoms with van der Waals surface area (Å²) in [4.78, 5) is 28.1. The maximum atomic E-state index is 13.4. The molecule has 3 aromatic carbocycles. The normalized spacial score (nSPS) is 14.8. The molecular formula is C26H23N3O4. The van der Waals surface area contributed by atoms with Gasteiger partial charge in [-0.1, -0.05) is 60.7 Å². The summed E-state index contributed by atoms with van der Waals surface area (Å²) in [5, 5.41) is 5.49. The molecule has 1 amide bonds. The number of hydrogen-bond donors (Lipinski definition) is 0. The van der Waals surface area contributed by atoms with Crippen LogP contribution in [0.25, 0.3) is 10.8 Å². The van der Waals surface area contributed by atoms with E-state index in [0.29, 0.717) is 35.4 Å². The first-order valence-corrected chi connectivity index (χ1v) is 10.8. The Morgan fingerprint density at radius 3 is 2.42 bits per heavy atom. The Labute approximate surface area is 190 Å². The molecule has 0 spiro atoms. The molecule has 1 aliphatic rings. The number of benzene rings is 3. The highest BCUT2D eigenvalue weighted by Crippen LogP contribution is 2.31. The van der Waals surface area contributed by atoms with Crippen LogP contribution < -0.4 is 15.0 Å².